The number of nitrogens with one attached hydrogen (secondary N) is 1. The van der Waals surface area contributed by atoms with Gasteiger partial charge in [-0.2, -0.15) is 0 Å². The molecular formula is C14H18ClFN4. The molecule has 0 saturated carbocycles. The van der Waals surface area contributed by atoms with Crippen LogP contribution in [0.4, 0.5) is 4.39 Å². The quantitative estimate of drug-likeness (QED) is 0.943. The van der Waals surface area contributed by atoms with Crippen LogP contribution in [0.15, 0.2) is 24.4 Å². The van der Waals surface area contributed by atoms with Crippen molar-refractivity contribution in [1.29, 1.82) is 0 Å². The first-order valence-electron chi connectivity index (χ1n) is 6.41. The molecule has 4 nitrogen and oxygen atoms in total. The number of aromatic nitrogens is 3. The summed E-state index contributed by atoms with van der Waals surface area (Å²) in [4.78, 5) is 0. The van der Waals surface area contributed by atoms with Crippen LogP contribution < -0.4 is 5.32 Å². The Labute approximate surface area is 122 Å². The fourth-order valence-corrected chi connectivity index (χ4v) is 1.80. The van der Waals surface area contributed by atoms with E-state index in [4.69, 9.17) is 11.6 Å². The Kier molecular flexibility index (Phi) is 4.40. The Morgan fingerprint density at radius 3 is 2.75 bits per heavy atom. The minimum atomic E-state index is -0.418. The summed E-state index contributed by atoms with van der Waals surface area (Å²) in [5.41, 5.74) is 1.68. The zero-order valence-corrected chi connectivity index (χ0v) is 12.6. The third-order valence-electron chi connectivity index (χ3n) is 2.71. The third-order valence-corrected chi connectivity index (χ3v) is 3.02. The molecule has 0 unspecified atom stereocenters. The van der Waals surface area contributed by atoms with E-state index in [1.54, 1.807) is 16.8 Å². The van der Waals surface area contributed by atoms with Crippen LogP contribution in [0.5, 0.6) is 0 Å². The van der Waals surface area contributed by atoms with Crippen molar-refractivity contribution in [2.24, 2.45) is 0 Å². The van der Waals surface area contributed by atoms with E-state index in [1.165, 1.54) is 6.07 Å². The van der Waals surface area contributed by atoms with E-state index in [0.29, 0.717) is 13.1 Å². The number of hydrogen-bond acceptors (Lipinski definition) is 3. The lowest BCUT2D eigenvalue weighted by molar-refractivity contribution is 0.421. The van der Waals surface area contributed by atoms with E-state index < -0.39 is 5.82 Å². The lowest BCUT2D eigenvalue weighted by Crippen LogP contribution is -2.35. The molecule has 0 saturated heterocycles. The molecule has 2 rings (SSSR count). The Hall–Kier alpha value is -1.46. The molecule has 6 heteroatoms. The molecule has 1 aromatic carbocycles. The molecule has 108 valence electrons. The number of benzene rings is 1. The van der Waals surface area contributed by atoms with Gasteiger partial charge in [-0.3, -0.25) is 0 Å². The predicted molar refractivity (Wildman–Crippen MR) is 77.1 cm³/mol. The van der Waals surface area contributed by atoms with Crippen LogP contribution in [0.3, 0.4) is 0 Å². The van der Waals surface area contributed by atoms with Crippen molar-refractivity contribution < 1.29 is 4.39 Å². The summed E-state index contributed by atoms with van der Waals surface area (Å²) in [6.07, 6.45) is 1.85. The summed E-state index contributed by atoms with van der Waals surface area (Å²) in [7, 11) is 0. The molecule has 0 aliphatic carbocycles. The van der Waals surface area contributed by atoms with Gasteiger partial charge in [0.05, 0.1) is 23.5 Å². The first-order valence-corrected chi connectivity index (χ1v) is 6.79. The average Bonchev–Trinajstić information content (AvgIpc) is 2.78. The SMILES string of the molecule is CC(C)(C)NCc1cn(Cc2ccc(Cl)c(F)c2)nn1. The molecule has 1 N–H and O–H groups in total. The van der Waals surface area contributed by atoms with Crippen LogP contribution in [-0.4, -0.2) is 20.5 Å². The highest BCUT2D eigenvalue weighted by Gasteiger charge is 2.10. The lowest BCUT2D eigenvalue weighted by atomic mass is 10.1. The lowest BCUT2D eigenvalue weighted by Gasteiger charge is -2.19. The van der Waals surface area contributed by atoms with Crippen LogP contribution in [-0.2, 0) is 13.1 Å². The van der Waals surface area contributed by atoms with Crippen molar-refractivity contribution in [3.8, 4) is 0 Å². The smallest absolute Gasteiger partial charge is 0.142 e. The summed E-state index contributed by atoms with van der Waals surface area (Å²) < 4.78 is 15.0. The van der Waals surface area contributed by atoms with Gasteiger partial charge in [-0.15, -0.1) is 5.10 Å². The van der Waals surface area contributed by atoms with Crippen LogP contribution in [0.1, 0.15) is 32.0 Å². The van der Waals surface area contributed by atoms with Crippen molar-refractivity contribution in [1.82, 2.24) is 20.3 Å². The van der Waals surface area contributed by atoms with Gasteiger partial charge >= 0.3 is 0 Å². The number of rotatable bonds is 4. The number of nitrogens with zero attached hydrogens (tertiary/aromatic N) is 3. The number of hydrogen-bond donors (Lipinski definition) is 1. The minimum absolute atomic E-state index is 0.0308. The van der Waals surface area contributed by atoms with Gasteiger partial charge in [0.15, 0.2) is 0 Å². The maximum atomic E-state index is 13.4. The second kappa shape index (κ2) is 5.89. The van der Waals surface area contributed by atoms with E-state index in [1.807, 2.05) is 6.20 Å². The van der Waals surface area contributed by atoms with Crippen LogP contribution in [0.2, 0.25) is 5.02 Å². The van der Waals surface area contributed by atoms with Crippen LogP contribution in [0, 0.1) is 5.82 Å². The monoisotopic (exact) mass is 296 g/mol. The first-order chi connectivity index (χ1) is 9.33. The Morgan fingerprint density at radius 2 is 2.10 bits per heavy atom. The van der Waals surface area contributed by atoms with Crippen molar-refractivity contribution >= 4 is 11.6 Å². The van der Waals surface area contributed by atoms with Crippen molar-refractivity contribution in [3.63, 3.8) is 0 Å². The van der Waals surface area contributed by atoms with E-state index in [-0.39, 0.29) is 10.6 Å². The summed E-state index contributed by atoms with van der Waals surface area (Å²) >= 11 is 5.65. The third kappa shape index (κ3) is 4.28. The van der Waals surface area contributed by atoms with Gasteiger partial charge in [-0.25, -0.2) is 9.07 Å². The standard InChI is InChI=1S/C14H18ClFN4/c1-14(2,3)17-7-11-9-20(19-18-11)8-10-4-5-12(15)13(16)6-10/h4-6,9,17H,7-8H2,1-3H3. The van der Waals surface area contributed by atoms with Gasteiger partial charge in [0.1, 0.15) is 5.82 Å². The molecule has 1 aromatic heterocycles. The molecule has 1 heterocycles. The fourth-order valence-electron chi connectivity index (χ4n) is 1.68. The zero-order valence-electron chi connectivity index (χ0n) is 11.8. The summed E-state index contributed by atoms with van der Waals surface area (Å²) in [5, 5.41) is 11.6. The molecule has 0 aliphatic heterocycles. The maximum absolute atomic E-state index is 13.4. The van der Waals surface area contributed by atoms with Crippen LogP contribution in [0.25, 0.3) is 0 Å². The molecule has 0 aliphatic rings. The minimum Gasteiger partial charge on any atom is -0.306 e. The molecule has 0 atom stereocenters. The number of halogens is 2. The van der Waals surface area contributed by atoms with Gasteiger partial charge in [0.2, 0.25) is 0 Å². The molecule has 2 aromatic rings. The van der Waals surface area contributed by atoms with E-state index in [2.05, 4.69) is 36.4 Å². The van der Waals surface area contributed by atoms with E-state index >= 15 is 0 Å². The molecule has 0 bridgehead atoms. The molecule has 0 radical (unpaired) electrons. The topological polar surface area (TPSA) is 42.7 Å². The second-order valence-electron chi connectivity index (χ2n) is 5.76. The molecular weight excluding hydrogens is 279 g/mol. The maximum Gasteiger partial charge on any atom is 0.142 e. The highest BCUT2D eigenvalue weighted by molar-refractivity contribution is 6.30. The molecule has 0 spiro atoms. The Balaban J connectivity index is 2.00. The molecule has 0 amide bonds. The zero-order chi connectivity index (χ0) is 14.8. The van der Waals surface area contributed by atoms with Gasteiger partial charge in [-0.1, -0.05) is 22.9 Å². The van der Waals surface area contributed by atoms with Crippen molar-refractivity contribution in [3.05, 3.63) is 46.5 Å². The van der Waals surface area contributed by atoms with Gasteiger partial charge < -0.3 is 5.32 Å². The largest absolute Gasteiger partial charge is 0.306 e. The highest BCUT2D eigenvalue weighted by atomic mass is 35.5. The van der Waals surface area contributed by atoms with Gasteiger partial charge in [-0.05, 0) is 38.5 Å². The normalized spacial score (nSPS) is 11.8. The summed E-state index contributed by atoms with van der Waals surface area (Å²) in [5.74, 6) is -0.418. The molecule has 20 heavy (non-hydrogen) atoms. The predicted octanol–water partition coefficient (Wildman–Crippen LogP) is 3.01. The van der Waals surface area contributed by atoms with Crippen molar-refractivity contribution in [2.45, 2.75) is 39.4 Å². The Morgan fingerprint density at radius 1 is 1.35 bits per heavy atom. The average molecular weight is 297 g/mol. The second-order valence-corrected chi connectivity index (χ2v) is 6.17. The summed E-state index contributed by atoms with van der Waals surface area (Å²) in [6.45, 7) is 7.39. The van der Waals surface area contributed by atoms with Gasteiger partial charge in [0, 0.05) is 12.1 Å². The van der Waals surface area contributed by atoms with Crippen LogP contribution >= 0.6 is 11.6 Å². The van der Waals surface area contributed by atoms with Crippen molar-refractivity contribution in [2.75, 3.05) is 0 Å². The summed E-state index contributed by atoms with van der Waals surface area (Å²) in [6, 6.07) is 4.74. The highest BCUT2D eigenvalue weighted by Crippen LogP contribution is 2.16. The fraction of sp³-hybridized carbons (Fsp3) is 0.429. The molecule has 0 fully saturated rings. The van der Waals surface area contributed by atoms with E-state index in [9.17, 15) is 4.39 Å². The van der Waals surface area contributed by atoms with E-state index in [0.717, 1.165) is 11.3 Å². The Bertz CT molecular complexity index is 589. The first kappa shape index (κ1) is 14.9. The van der Waals surface area contributed by atoms with Gasteiger partial charge in [0.25, 0.3) is 0 Å².